The third kappa shape index (κ3) is 1.38. The smallest absolute Gasteiger partial charge is 0.0248 e. The second-order valence-corrected chi connectivity index (χ2v) is 4.38. The largest absolute Gasteiger partial charge is 0.301 e. The molecule has 0 aromatic heterocycles. The Labute approximate surface area is 75.5 Å². The highest BCUT2D eigenvalue weighted by atomic mass is 15.3. The fourth-order valence-electron chi connectivity index (χ4n) is 2.77. The summed E-state index contributed by atoms with van der Waals surface area (Å²) < 4.78 is 0. The maximum Gasteiger partial charge on any atom is 0.0248 e. The van der Waals surface area contributed by atoms with E-state index < -0.39 is 0 Å². The van der Waals surface area contributed by atoms with E-state index in [0.717, 1.165) is 12.1 Å². The van der Waals surface area contributed by atoms with E-state index >= 15 is 0 Å². The van der Waals surface area contributed by atoms with Gasteiger partial charge in [0.2, 0.25) is 0 Å². The highest BCUT2D eigenvalue weighted by Gasteiger charge is 2.34. The number of hydrogen-bond donors (Lipinski definition) is 0. The van der Waals surface area contributed by atoms with Gasteiger partial charge in [-0.25, -0.2) is 0 Å². The van der Waals surface area contributed by atoms with Crippen LogP contribution in [-0.2, 0) is 0 Å². The van der Waals surface area contributed by atoms with Crippen LogP contribution in [0.2, 0.25) is 0 Å². The Bertz CT molecular complexity index is 140. The summed E-state index contributed by atoms with van der Waals surface area (Å²) in [6.45, 7) is 2.52. The molecule has 0 radical (unpaired) electrons. The molecule has 1 heterocycles. The summed E-state index contributed by atoms with van der Waals surface area (Å²) in [5.41, 5.74) is 0. The van der Waals surface area contributed by atoms with Crippen molar-refractivity contribution in [3.05, 3.63) is 0 Å². The summed E-state index contributed by atoms with van der Waals surface area (Å²) >= 11 is 0. The number of piperazine rings is 1. The van der Waals surface area contributed by atoms with E-state index in [4.69, 9.17) is 0 Å². The average Bonchev–Trinajstić information content (AvgIpc) is 2.12. The molecule has 2 heteroatoms. The van der Waals surface area contributed by atoms with Crippen molar-refractivity contribution in [3.8, 4) is 0 Å². The topological polar surface area (TPSA) is 6.48 Å². The molecular weight excluding hydrogens is 148 g/mol. The van der Waals surface area contributed by atoms with E-state index in [2.05, 4.69) is 23.9 Å². The van der Waals surface area contributed by atoms with Crippen LogP contribution in [0, 0.1) is 0 Å². The van der Waals surface area contributed by atoms with Crippen LogP contribution in [0.5, 0.6) is 0 Å². The van der Waals surface area contributed by atoms with Gasteiger partial charge in [-0.1, -0.05) is 12.8 Å². The monoisotopic (exact) mass is 168 g/mol. The van der Waals surface area contributed by atoms with E-state index in [-0.39, 0.29) is 0 Å². The number of rotatable bonds is 0. The van der Waals surface area contributed by atoms with Crippen LogP contribution >= 0.6 is 0 Å². The van der Waals surface area contributed by atoms with Crippen LogP contribution in [0.15, 0.2) is 0 Å². The summed E-state index contributed by atoms with van der Waals surface area (Å²) in [6.07, 6.45) is 5.73. The third-order valence-corrected chi connectivity index (χ3v) is 3.63. The molecular formula is C10H20N2. The first-order valence-electron chi connectivity index (χ1n) is 5.19. The number of nitrogens with zero attached hydrogens (tertiary/aromatic N) is 2. The summed E-state index contributed by atoms with van der Waals surface area (Å²) in [5.74, 6) is 0. The lowest BCUT2D eigenvalue weighted by Crippen LogP contribution is -2.57. The minimum Gasteiger partial charge on any atom is -0.301 e. The summed E-state index contributed by atoms with van der Waals surface area (Å²) in [5, 5.41) is 0. The predicted molar refractivity (Wildman–Crippen MR) is 51.3 cm³/mol. The molecule has 1 aliphatic heterocycles. The predicted octanol–water partition coefficient (Wildman–Crippen LogP) is 1.17. The molecule has 0 bridgehead atoms. The standard InChI is InChI=1S/C10H20N2/c1-11-7-8-12(2)10-6-4-3-5-9(10)11/h9-10H,3-8H2,1-2H3/t9-,10-/m1/s1. The van der Waals surface area contributed by atoms with E-state index in [1.807, 2.05) is 0 Å². The Morgan fingerprint density at radius 2 is 1.25 bits per heavy atom. The van der Waals surface area contributed by atoms with Crippen molar-refractivity contribution in [2.45, 2.75) is 37.8 Å². The molecule has 0 unspecified atom stereocenters. The number of likely N-dealkylation sites (N-methyl/N-ethyl adjacent to an activating group) is 2. The lowest BCUT2D eigenvalue weighted by atomic mass is 9.87. The molecule has 0 aromatic carbocycles. The van der Waals surface area contributed by atoms with Crippen molar-refractivity contribution in [1.29, 1.82) is 0 Å². The summed E-state index contributed by atoms with van der Waals surface area (Å²) in [6, 6.07) is 1.72. The molecule has 2 nitrogen and oxygen atoms in total. The SMILES string of the molecule is CN1CCN(C)[C@@H]2CCCC[C@H]21. The van der Waals surface area contributed by atoms with Crippen molar-refractivity contribution in [1.82, 2.24) is 9.80 Å². The molecule has 0 N–H and O–H groups in total. The fraction of sp³-hybridized carbons (Fsp3) is 1.00. The number of fused-ring (bicyclic) bond motifs is 1. The van der Waals surface area contributed by atoms with Gasteiger partial charge in [0.1, 0.15) is 0 Å². The van der Waals surface area contributed by atoms with Gasteiger partial charge in [-0.2, -0.15) is 0 Å². The first-order chi connectivity index (χ1) is 5.79. The Balaban J connectivity index is 2.05. The van der Waals surface area contributed by atoms with Gasteiger partial charge < -0.3 is 9.80 Å². The summed E-state index contributed by atoms with van der Waals surface area (Å²) in [4.78, 5) is 5.12. The zero-order chi connectivity index (χ0) is 8.55. The maximum absolute atomic E-state index is 2.56. The first-order valence-corrected chi connectivity index (χ1v) is 5.19. The second-order valence-electron chi connectivity index (χ2n) is 4.38. The van der Waals surface area contributed by atoms with Crippen LogP contribution < -0.4 is 0 Å². The van der Waals surface area contributed by atoms with Gasteiger partial charge in [0, 0.05) is 25.2 Å². The molecule has 1 saturated carbocycles. The third-order valence-electron chi connectivity index (χ3n) is 3.63. The van der Waals surface area contributed by atoms with Crippen LogP contribution in [0.1, 0.15) is 25.7 Å². The Hall–Kier alpha value is -0.0800. The van der Waals surface area contributed by atoms with Gasteiger partial charge >= 0.3 is 0 Å². The van der Waals surface area contributed by atoms with Crippen LogP contribution in [0.25, 0.3) is 0 Å². The minimum atomic E-state index is 0.859. The van der Waals surface area contributed by atoms with E-state index in [1.165, 1.54) is 38.8 Å². The van der Waals surface area contributed by atoms with Gasteiger partial charge in [0.15, 0.2) is 0 Å². The normalized spacial score (nSPS) is 39.5. The van der Waals surface area contributed by atoms with E-state index in [1.54, 1.807) is 0 Å². The fourth-order valence-corrected chi connectivity index (χ4v) is 2.77. The molecule has 2 rings (SSSR count). The van der Waals surface area contributed by atoms with Crippen molar-refractivity contribution in [2.24, 2.45) is 0 Å². The molecule has 2 fully saturated rings. The van der Waals surface area contributed by atoms with Gasteiger partial charge in [0.25, 0.3) is 0 Å². The Morgan fingerprint density at radius 1 is 0.833 bits per heavy atom. The highest BCUT2D eigenvalue weighted by Crippen LogP contribution is 2.28. The van der Waals surface area contributed by atoms with Crippen LogP contribution in [0.4, 0.5) is 0 Å². The van der Waals surface area contributed by atoms with Gasteiger partial charge in [-0.3, -0.25) is 0 Å². The lowest BCUT2D eigenvalue weighted by Gasteiger charge is -2.47. The Morgan fingerprint density at radius 3 is 1.67 bits per heavy atom. The maximum atomic E-state index is 2.56. The average molecular weight is 168 g/mol. The van der Waals surface area contributed by atoms with Crippen molar-refractivity contribution >= 4 is 0 Å². The molecule has 2 aliphatic rings. The number of hydrogen-bond acceptors (Lipinski definition) is 2. The molecule has 12 heavy (non-hydrogen) atoms. The summed E-state index contributed by atoms with van der Waals surface area (Å²) in [7, 11) is 4.58. The molecule has 0 spiro atoms. The molecule has 0 aromatic rings. The van der Waals surface area contributed by atoms with Gasteiger partial charge in [0.05, 0.1) is 0 Å². The highest BCUT2D eigenvalue weighted by molar-refractivity contribution is 4.91. The Kier molecular flexibility index (Phi) is 2.37. The zero-order valence-electron chi connectivity index (χ0n) is 8.29. The van der Waals surface area contributed by atoms with Gasteiger partial charge in [-0.15, -0.1) is 0 Å². The van der Waals surface area contributed by atoms with Gasteiger partial charge in [-0.05, 0) is 26.9 Å². The molecule has 70 valence electrons. The van der Waals surface area contributed by atoms with Crippen molar-refractivity contribution < 1.29 is 0 Å². The van der Waals surface area contributed by atoms with E-state index in [9.17, 15) is 0 Å². The molecule has 0 amide bonds. The molecule has 1 saturated heterocycles. The quantitative estimate of drug-likeness (QED) is 0.536. The second kappa shape index (κ2) is 3.35. The van der Waals surface area contributed by atoms with Crippen molar-refractivity contribution in [3.63, 3.8) is 0 Å². The van der Waals surface area contributed by atoms with Crippen molar-refractivity contribution in [2.75, 3.05) is 27.2 Å². The minimum absolute atomic E-state index is 0.859. The van der Waals surface area contributed by atoms with Crippen LogP contribution in [-0.4, -0.2) is 49.1 Å². The molecule has 2 atom stereocenters. The van der Waals surface area contributed by atoms with E-state index in [0.29, 0.717) is 0 Å². The first kappa shape index (κ1) is 8.52. The lowest BCUT2D eigenvalue weighted by molar-refractivity contribution is 0.0263. The van der Waals surface area contributed by atoms with Crippen LogP contribution in [0.3, 0.4) is 0 Å². The zero-order valence-corrected chi connectivity index (χ0v) is 8.29. The molecule has 1 aliphatic carbocycles.